The Morgan fingerprint density at radius 2 is 1.98 bits per heavy atom. The van der Waals surface area contributed by atoms with Crippen molar-refractivity contribution in [2.24, 2.45) is 11.8 Å². The lowest BCUT2D eigenvalue weighted by Gasteiger charge is -2.44. The number of sulfone groups is 1. The number of aromatic carboxylic acids is 1. The Bertz CT molecular complexity index is 1740. The second-order valence-electron chi connectivity index (χ2n) is 13.2. The Labute approximate surface area is 281 Å². The summed E-state index contributed by atoms with van der Waals surface area (Å²) in [4.78, 5) is 22.1. The van der Waals surface area contributed by atoms with E-state index in [1.165, 1.54) is 23.5 Å². The Morgan fingerprint density at radius 1 is 1.17 bits per heavy atom. The van der Waals surface area contributed by atoms with Crippen LogP contribution in [-0.4, -0.2) is 65.6 Å². The first-order valence-corrected chi connectivity index (χ1v) is 18.4. The first-order chi connectivity index (χ1) is 22.6. The summed E-state index contributed by atoms with van der Waals surface area (Å²) in [6.45, 7) is 3.75. The van der Waals surface area contributed by atoms with Crippen LogP contribution in [0.4, 0.5) is 5.69 Å². The number of ether oxygens (including phenoxy) is 1. The van der Waals surface area contributed by atoms with Gasteiger partial charge in [0.05, 0.1) is 29.2 Å². The van der Waals surface area contributed by atoms with Crippen LogP contribution in [0, 0.1) is 11.8 Å². The molecule has 1 aromatic heterocycles. The summed E-state index contributed by atoms with van der Waals surface area (Å²) in [6.07, 6.45) is 11.9. The maximum atomic E-state index is 13.0. The minimum Gasteiger partial charge on any atom is -0.490 e. The van der Waals surface area contributed by atoms with Gasteiger partial charge in [0.15, 0.2) is 0 Å². The molecule has 9 nitrogen and oxygen atoms in total. The van der Waals surface area contributed by atoms with Crippen molar-refractivity contribution in [3.63, 3.8) is 0 Å². The number of aryl methyl sites for hydroxylation is 1. The van der Waals surface area contributed by atoms with Crippen LogP contribution in [0.5, 0.6) is 5.75 Å². The van der Waals surface area contributed by atoms with Gasteiger partial charge >= 0.3 is 5.97 Å². The third kappa shape index (κ3) is 7.05. The highest BCUT2D eigenvalue weighted by atomic mass is 35.5. The molecule has 47 heavy (non-hydrogen) atoms. The quantitative estimate of drug-likeness (QED) is 0.178. The number of carbonyl (C=O) groups is 1. The van der Waals surface area contributed by atoms with E-state index in [0.29, 0.717) is 44.1 Å². The normalized spacial score (nSPS) is 23.7. The Balaban J connectivity index is 1.17. The van der Waals surface area contributed by atoms with Crippen LogP contribution >= 0.6 is 11.6 Å². The number of allylic oxidation sites excluding steroid dienone is 1. The van der Waals surface area contributed by atoms with Gasteiger partial charge in [-0.1, -0.05) is 36.7 Å². The average Bonchev–Trinajstić information content (AvgIpc) is 3.20. The van der Waals surface area contributed by atoms with E-state index in [9.17, 15) is 23.4 Å². The monoisotopic (exact) mass is 679 g/mol. The van der Waals surface area contributed by atoms with E-state index in [1.54, 1.807) is 30.3 Å². The van der Waals surface area contributed by atoms with Crippen molar-refractivity contribution in [2.75, 3.05) is 24.6 Å². The number of nitrogens with zero attached hydrogens (tertiary/aromatic N) is 3. The summed E-state index contributed by atoms with van der Waals surface area (Å²) in [5, 5.41) is 20.5. The van der Waals surface area contributed by atoms with Gasteiger partial charge in [0.2, 0.25) is 15.0 Å². The van der Waals surface area contributed by atoms with Gasteiger partial charge in [-0.2, -0.15) is 0 Å². The predicted molar refractivity (Wildman–Crippen MR) is 181 cm³/mol. The highest BCUT2D eigenvalue weighted by Crippen LogP contribution is 2.46. The van der Waals surface area contributed by atoms with Crippen molar-refractivity contribution in [3.05, 3.63) is 88.7 Å². The fourth-order valence-corrected chi connectivity index (χ4v) is 9.28. The zero-order valence-electron chi connectivity index (χ0n) is 26.6. The molecule has 3 aromatic rings. The number of aromatic nitrogens is 2. The molecule has 1 spiro atoms. The number of halogens is 1. The number of anilines is 1. The van der Waals surface area contributed by atoms with E-state index in [1.807, 2.05) is 13.0 Å². The lowest BCUT2D eigenvalue weighted by atomic mass is 9.69. The highest BCUT2D eigenvalue weighted by Gasteiger charge is 2.43. The van der Waals surface area contributed by atoms with E-state index in [-0.39, 0.29) is 22.1 Å². The number of benzene rings is 2. The fourth-order valence-electron chi connectivity index (χ4n) is 7.49. The zero-order valence-corrected chi connectivity index (χ0v) is 28.2. The number of fused-ring (bicyclic) bond motifs is 3. The molecule has 1 fully saturated rings. The number of aliphatic hydroxyl groups excluding tert-OH is 1. The standard InChI is InChI=1S/C36H42ClN3O6S/c1-2-30(47(44,45)35-38-17-4-18-39-35)13-12-29(41)11-8-24-6-7-27(24)21-40-22-36(16-3-5-25-19-28(37)10-14-31(25)36)23-46-33-15-9-26(34(42)43)20-32(33)40/h4,8-11,14-15,17-20,24,27,29-30,41H,2-3,5-7,12-13,16,21-23H2,1H3,(H,42,43)/b11-8+/t24-,27-,29-,30+,36?/m0/s1. The summed E-state index contributed by atoms with van der Waals surface area (Å²) in [6, 6.07) is 12.8. The van der Waals surface area contributed by atoms with Gasteiger partial charge in [0.1, 0.15) is 5.75 Å². The molecule has 5 atom stereocenters. The summed E-state index contributed by atoms with van der Waals surface area (Å²) in [5.41, 5.74) is 3.27. The Hall–Kier alpha value is -3.47. The van der Waals surface area contributed by atoms with Crippen molar-refractivity contribution >= 4 is 33.1 Å². The molecule has 0 radical (unpaired) electrons. The first kappa shape index (κ1) is 33.4. The Morgan fingerprint density at radius 3 is 2.70 bits per heavy atom. The van der Waals surface area contributed by atoms with Gasteiger partial charge in [0.25, 0.3) is 0 Å². The number of hydrogen-bond acceptors (Lipinski definition) is 8. The van der Waals surface area contributed by atoms with E-state index < -0.39 is 27.2 Å². The van der Waals surface area contributed by atoms with Crippen molar-refractivity contribution in [1.29, 1.82) is 0 Å². The van der Waals surface area contributed by atoms with Crippen molar-refractivity contribution in [2.45, 2.75) is 80.2 Å². The zero-order chi connectivity index (χ0) is 33.2. The molecule has 6 rings (SSSR count). The van der Waals surface area contributed by atoms with Crippen LogP contribution in [-0.2, 0) is 21.7 Å². The van der Waals surface area contributed by atoms with Crippen LogP contribution in [0.2, 0.25) is 5.02 Å². The minimum absolute atomic E-state index is 0.174. The largest absolute Gasteiger partial charge is 0.490 e. The fraction of sp³-hybridized carbons (Fsp3) is 0.472. The second kappa shape index (κ2) is 13.9. The van der Waals surface area contributed by atoms with Gasteiger partial charge in [-0.05, 0) is 111 Å². The molecule has 0 bridgehead atoms. The number of aliphatic hydroxyl groups is 1. The number of rotatable bonds is 11. The van der Waals surface area contributed by atoms with Crippen LogP contribution < -0.4 is 9.64 Å². The van der Waals surface area contributed by atoms with Crippen molar-refractivity contribution in [3.8, 4) is 5.75 Å². The first-order valence-electron chi connectivity index (χ1n) is 16.5. The molecule has 3 aliphatic rings. The van der Waals surface area contributed by atoms with Crippen LogP contribution in [0.1, 0.15) is 73.4 Å². The van der Waals surface area contributed by atoms with Gasteiger partial charge in [-0.3, -0.25) is 0 Å². The molecule has 1 unspecified atom stereocenters. The van der Waals surface area contributed by atoms with E-state index in [2.05, 4.69) is 33.1 Å². The van der Waals surface area contributed by atoms with Crippen LogP contribution in [0.25, 0.3) is 0 Å². The molecule has 1 saturated carbocycles. The van der Waals surface area contributed by atoms with Gasteiger partial charge < -0.3 is 19.8 Å². The average molecular weight is 680 g/mol. The molecule has 2 aliphatic carbocycles. The lowest BCUT2D eigenvalue weighted by Crippen LogP contribution is -2.48. The highest BCUT2D eigenvalue weighted by molar-refractivity contribution is 7.91. The maximum absolute atomic E-state index is 13.0. The molecule has 2 heterocycles. The summed E-state index contributed by atoms with van der Waals surface area (Å²) < 4.78 is 32.5. The van der Waals surface area contributed by atoms with Gasteiger partial charge in [-0.15, -0.1) is 0 Å². The third-order valence-electron chi connectivity index (χ3n) is 10.3. The molecule has 2 aromatic carbocycles. The maximum Gasteiger partial charge on any atom is 0.335 e. The summed E-state index contributed by atoms with van der Waals surface area (Å²) in [5.74, 6) is 0.271. The number of carboxylic acids is 1. The molecule has 250 valence electrons. The van der Waals surface area contributed by atoms with Crippen molar-refractivity contribution < 1.29 is 28.2 Å². The van der Waals surface area contributed by atoms with Crippen molar-refractivity contribution in [1.82, 2.24) is 9.97 Å². The van der Waals surface area contributed by atoms with Crippen LogP contribution in [0.3, 0.4) is 0 Å². The predicted octanol–water partition coefficient (Wildman–Crippen LogP) is 6.28. The lowest BCUT2D eigenvalue weighted by molar-refractivity contribution is 0.0697. The van der Waals surface area contributed by atoms with Crippen LogP contribution in [0.15, 0.2) is 72.2 Å². The third-order valence-corrected chi connectivity index (χ3v) is 12.7. The molecule has 2 N–H and O–H groups in total. The topological polar surface area (TPSA) is 130 Å². The van der Waals surface area contributed by atoms with Gasteiger partial charge in [0, 0.05) is 35.9 Å². The Kier molecular flexibility index (Phi) is 9.92. The summed E-state index contributed by atoms with van der Waals surface area (Å²) >= 11 is 6.38. The molecular formula is C36H42ClN3O6S. The minimum atomic E-state index is -3.68. The van der Waals surface area contributed by atoms with E-state index in [0.717, 1.165) is 49.4 Å². The molecule has 0 saturated heterocycles. The van der Waals surface area contributed by atoms with E-state index in [4.69, 9.17) is 16.3 Å². The molecule has 1 aliphatic heterocycles. The second-order valence-corrected chi connectivity index (χ2v) is 15.8. The van der Waals surface area contributed by atoms with Gasteiger partial charge in [-0.25, -0.2) is 23.2 Å². The SMILES string of the molecule is CC[C@H](CC[C@@H](O)/C=C/[C@@H]1CC[C@H]1CN1CC2(CCCc3cc(Cl)ccc32)COc2ccc(C(=O)O)cc21)S(=O)(=O)c1ncccn1. The molecule has 0 amide bonds. The number of hydrogen-bond donors (Lipinski definition) is 2. The molecular weight excluding hydrogens is 638 g/mol. The number of carboxylic acid groups (broad SMARTS) is 1. The smallest absolute Gasteiger partial charge is 0.335 e. The summed E-state index contributed by atoms with van der Waals surface area (Å²) in [7, 11) is -3.68. The molecule has 11 heteroatoms. The van der Waals surface area contributed by atoms with E-state index >= 15 is 0 Å².